The molecule has 2 rings (SSSR count). The molecule has 27 heavy (non-hydrogen) atoms. The third-order valence-corrected chi connectivity index (χ3v) is 12.7. The maximum Gasteiger partial charge on any atom is 0.0765 e. The van der Waals surface area contributed by atoms with Gasteiger partial charge in [-0.1, -0.05) is 98.6 Å². The largest absolute Gasteiger partial charge is 0.316 e. The third kappa shape index (κ3) is 4.39. The van der Waals surface area contributed by atoms with Gasteiger partial charge in [-0.15, -0.1) is 0 Å². The first-order chi connectivity index (χ1) is 12.7. The molecule has 2 saturated carbocycles. The van der Waals surface area contributed by atoms with E-state index in [4.69, 9.17) is 11.5 Å². The summed E-state index contributed by atoms with van der Waals surface area (Å²) in [6.45, 7) is 9.39. The second kappa shape index (κ2) is 9.67. The van der Waals surface area contributed by atoms with Crippen molar-refractivity contribution in [1.29, 1.82) is 0 Å². The number of hydrogen-bond acceptors (Lipinski definition) is 2. The molecule has 0 bridgehead atoms. The zero-order valence-electron chi connectivity index (χ0n) is 18.3. The van der Waals surface area contributed by atoms with E-state index in [2.05, 4.69) is 72.9 Å². The van der Waals surface area contributed by atoms with Crippen molar-refractivity contribution in [2.75, 3.05) is 0 Å². The second-order valence-electron chi connectivity index (χ2n) is 9.72. The molecule has 160 valence electrons. The molecular formula is C23H44I2N2. The smallest absolute Gasteiger partial charge is 0.0765 e. The molecule has 2 aliphatic carbocycles. The Morgan fingerprint density at radius 3 is 1.41 bits per heavy atom. The molecule has 0 aromatic rings. The summed E-state index contributed by atoms with van der Waals surface area (Å²) in [5.74, 6) is 1.21. The van der Waals surface area contributed by atoms with Crippen LogP contribution in [0.4, 0.5) is 0 Å². The molecule has 0 aromatic carbocycles. The molecular weight excluding hydrogens is 558 g/mol. The van der Waals surface area contributed by atoms with E-state index in [1.54, 1.807) is 0 Å². The van der Waals surface area contributed by atoms with Gasteiger partial charge in [-0.05, 0) is 80.5 Å². The SMILES string of the molecule is CCCC1(CC)CCCC(CC2CCCC(CC)(CCC)C2(N)I)C1(N)I. The predicted molar refractivity (Wildman–Crippen MR) is 136 cm³/mol. The van der Waals surface area contributed by atoms with Gasteiger partial charge in [0.25, 0.3) is 0 Å². The van der Waals surface area contributed by atoms with Crippen LogP contribution in [0.15, 0.2) is 0 Å². The molecule has 2 fully saturated rings. The Morgan fingerprint density at radius 1 is 0.741 bits per heavy atom. The van der Waals surface area contributed by atoms with Crippen molar-refractivity contribution in [2.45, 2.75) is 118 Å². The van der Waals surface area contributed by atoms with E-state index in [0.717, 1.165) is 0 Å². The molecule has 0 saturated heterocycles. The number of alkyl halides is 2. The summed E-state index contributed by atoms with van der Waals surface area (Å²) in [6, 6.07) is 0. The second-order valence-corrected chi connectivity index (χ2v) is 13.3. The van der Waals surface area contributed by atoms with Crippen molar-refractivity contribution in [3.63, 3.8) is 0 Å². The van der Waals surface area contributed by atoms with Gasteiger partial charge in [-0.25, -0.2) is 0 Å². The van der Waals surface area contributed by atoms with Crippen molar-refractivity contribution < 1.29 is 0 Å². The van der Waals surface area contributed by atoms with Gasteiger partial charge in [0.2, 0.25) is 0 Å². The summed E-state index contributed by atoms with van der Waals surface area (Å²) < 4.78 is -0.171. The first kappa shape index (κ1) is 24.6. The highest BCUT2D eigenvalue weighted by atomic mass is 127. The lowest BCUT2D eigenvalue weighted by atomic mass is 9.57. The summed E-state index contributed by atoms with van der Waals surface area (Å²) in [4.78, 5) is 0. The van der Waals surface area contributed by atoms with Crippen LogP contribution in [0.1, 0.15) is 111 Å². The first-order valence-corrected chi connectivity index (χ1v) is 13.8. The first-order valence-electron chi connectivity index (χ1n) is 11.6. The Hall–Kier alpha value is 1.38. The molecule has 2 aliphatic rings. The van der Waals surface area contributed by atoms with Gasteiger partial charge in [0.1, 0.15) is 0 Å². The zero-order valence-corrected chi connectivity index (χ0v) is 22.6. The Bertz CT molecular complexity index is 429. The normalized spacial score (nSPS) is 45.8. The van der Waals surface area contributed by atoms with Gasteiger partial charge in [0.15, 0.2) is 0 Å². The van der Waals surface area contributed by atoms with Crippen LogP contribution in [0.25, 0.3) is 0 Å². The average Bonchev–Trinajstić information content (AvgIpc) is 2.62. The minimum absolute atomic E-state index is 0.0857. The third-order valence-electron chi connectivity index (χ3n) is 8.61. The molecule has 0 aliphatic heterocycles. The topological polar surface area (TPSA) is 52.0 Å². The highest BCUT2D eigenvalue weighted by Crippen LogP contribution is 2.60. The van der Waals surface area contributed by atoms with Crippen LogP contribution >= 0.6 is 45.2 Å². The Kier molecular flexibility index (Phi) is 8.83. The summed E-state index contributed by atoms with van der Waals surface area (Å²) in [5, 5.41) is 0. The van der Waals surface area contributed by atoms with Gasteiger partial charge in [-0.3, -0.25) is 0 Å². The molecule has 6 atom stereocenters. The summed E-state index contributed by atoms with van der Waals surface area (Å²) in [6.07, 6.45) is 16.6. The molecule has 4 heteroatoms. The van der Waals surface area contributed by atoms with Crippen LogP contribution in [-0.2, 0) is 0 Å². The van der Waals surface area contributed by atoms with Crippen molar-refractivity contribution in [2.24, 2.45) is 34.1 Å². The summed E-state index contributed by atoms with van der Waals surface area (Å²) >= 11 is 5.34. The van der Waals surface area contributed by atoms with Crippen LogP contribution in [0.5, 0.6) is 0 Å². The molecule has 6 unspecified atom stereocenters. The van der Waals surface area contributed by atoms with Crippen molar-refractivity contribution in [3.8, 4) is 0 Å². The fourth-order valence-electron chi connectivity index (χ4n) is 6.80. The maximum atomic E-state index is 7.21. The van der Waals surface area contributed by atoms with Gasteiger partial charge >= 0.3 is 0 Å². The van der Waals surface area contributed by atoms with Crippen molar-refractivity contribution >= 4 is 45.2 Å². The zero-order chi connectivity index (χ0) is 20.3. The lowest BCUT2D eigenvalue weighted by molar-refractivity contribution is 0.0237. The Labute approximate surface area is 196 Å². The Balaban J connectivity index is 2.26. The number of halogens is 2. The van der Waals surface area contributed by atoms with Gasteiger partial charge in [0.05, 0.1) is 7.09 Å². The van der Waals surface area contributed by atoms with E-state index in [0.29, 0.717) is 22.7 Å². The number of hydrogen-bond donors (Lipinski definition) is 2. The van der Waals surface area contributed by atoms with Crippen LogP contribution < -0.4 is 11.5 Å². The molecule has 0 aromatic heterocycles. The van der Waals surface area contributed by atoms with Crippen LogP contribution in [0.2, 0.25) is 0 Å². The van der Waals surface area contributed by atoms with Crippen LogP contribution in [0, 0.1) is 22.7 Å². The minimum Gasteiger partial charge on any atom is -0.316 e. The quantitative estimate of drug-likeness (QED) is 0.171. The molecule has 2 nitrogen and oxygen atoms in total. The summed E-state index contributed by atoms with van der Waals surface area (Å²) in [7, 11) is 0. The summed E-state index contributed by atoms with van der Waals surface area (Å²) in [5.41, 5.74) is 15.0. The van der Waals surface area contributed by atoms with E-state index in [1.807, 2.05) is 0 Å². The fraction of sp³-hybridized carbons (Fsp3) is 1.00. The Morgan fingerprint density at radius 2 is 1.11 bits per heavy atom. The van der Waals surface area contributed by atoms with Gasteiger partial charge in [0, 0.05) is 0 Å². The van der Waals surface area contributed by atoms with Crippen LogP contribution in [0.3, 0.4) is 0 Å². The maximum absolute atomic E-state index is 7.21. The lowest BCUT2D eigenvalue weighted by Crippen LogP contribution is -2.61. The minimum atomic E-state index is -0.0857. The molecule has 0 spiro atoms. The molecule has 4 N–H and O–H groups in total. The molecule has 0 heterocycles. The fourth-order valence-corrected chi connectivity index (χ4v) is 9.78. The highest BCUT2D eigenvalue weighted by Gasteiger charge is 2.56. The average molecular weight is 602 g/mol. The van der Waals surface area contributed by atoms with Crippen LogP contribution in [-0.4, -0.2) is 7.09 Å². The van der Waals surface area contributed by atoms with Crippen molar-refractivity contribution in [3.05, 3.63) is 0 Å². The highest BCUT2D eigenvalue weighted by molar-refractivity contribution is 14.1. The van der Waals surface area contributed by atoms with Gasteiger partial charge in [-0.2, -0.15) is 0 Å². The van der Waals surface area contributed by atoms with Gasteiger partial charge < -0.3 is 11.5 Å². The van der Waals surface area contributed by atoms with E-state index in [-0.39, 0.29) is 7.09 Å². The lowest BCUT2D eigenvalue weighted by Gasteiger charge is -2.57. The number of rotatable bonds is 8. The van der Waals surface area contributed by atoms with E-state index >= 15 is 0 Å². The molecule has 0 radical (unpaired) electrons. The monoisotopic (exact) mass is 602 g/mol. The van der Waals surface area contributed by atoms with E-state index in [9.17, 15) is 0 Å². The standard InChI is InChI=1S/C23H44I2N2/c1-5-13-20(7-3)15-9-11-18(22(20,24)26)17-19-12-10-16-21(8-4,14-6-2)23(19,25)27/h18-19H,5-17,26-27H2,1-4H3. The van der Waals surface area contributed by atoms with Crippen molar-refractivity contribution in [1.82, 2.24) is 0 Å². The molecule has 0 amide bonds. The van der Waals surface area contributed by atoms with E-state index < -0.39 is 0 Å². The predicted octanol–water partition coefficient (Wildman–Crippen LogP) is 7.55. The number of nitrogens with two attached hydrogens (primary N) is 2. The van der Waals surface area contributed by atoms with E-state index in [1.165, 1.54) is 83.5 Å².